The summed E-state index contributed by atoms with van der Waals surface area (Å²) in [6.07, 6.45) is 1.91. The summed E-state index contributed by atoms with van der Waals surface area (Å²) in [4.78, 5) is 0. The fraction of sp³-hybridized carbons (Fsp3) is 0.125. The predicted molar refractivity (Wildman–Crippen MR) is 76.8 cm³/mol. The van der Waals surface area contributed by atoms with Crippen molar-refractivity contribution in [3.8, 4) is 0 Å². The Morgan fingerprint density at radius 3 is 2.70 bits per heavy atom. The number of anilines is 1. The second-order valence-corrected chi connectivity index (χ2v) is 4.62. The number of rotatable bonds is 4. The minimum absolute atomic E-state index is 0.250. The maximum absolute atomic E-state index is 13.4. The van der Waals surface area contributed by atoms with Crippen LogP contribution in [-0.4, -0.2) is 11.1 Å². The molecular weight excluding hydrogens is 258 g/mol. The van der Waals surface area contributed by atoms with E-state index in [9.17, 15) is 8.78 Å². The lowest BCUT2D eigenvalue weighted by Gasteiger charge is -2.09. The molecule has 0 spiro atoms. The average Bonchev–Trinajstić information content (AvgIpc) is 2.83. The second-order valence-electron chi connectivity index (χ2n) is 4.62. The molecule has 0 aliphatic heterocycles. The standard InChI is InChI=1S/C16H14F2N2/c17-13-6-5-12-7-9-20(16(12)11-13)10-8-19-15-4-2-1-3-14(15)18/h1-7,9,11,19H,8,10H2. The molecule has 0 bridgehead atoms. The van der Waals surface area contributed by atoms with Crippen LogP contribution < -0.4 is 5.32 Å². The summed E-state index contributed by atoms with van der Waals surface area (Å²) < 4.78 is 28.6. The zero-order valence-corrected chi connectivity index (χ0v) is 10.8. The molecule has 0 amide bonds. The van der Waals surface area contributed by atoms with Gasteiger partial charge in [-0.3, -0.25) is 0 Å². The van der Waals surface area contributed by atoms with E-state index in [1.165, 1.54) is 18.2 Å². The number of aromatic nitrogens is 1. The number of halogens is 2. The Labute approximate surface area is 115 Å². The van der Waals surface area contributed by atoms with Crippen molar-refractivity contribution in [2.24, 2.45) is 0 Å². The fourth-order valence-electron chi connectivity index (χ4n) is 2.27. The van der Waals surface area contributed by atoms with Gasteiger partial charge in [-0.25, -0.2) is 8.78 Å². The van der Waals surface area contributed by atoms with E-state index in [1.807, 2.05) is 16.8 Å². The third-order valence-corrected chi connectivity index (χ3v) is 3.28. The molecule has 0 atom stereocenters. The quantitative estimate of drug-likeness (QED) is 0.758. The van der Waals surface area contributed by atoms with Crippen molar-refractivity contribution in [1.82, 2.24) is 4.57 Å². The van der Waals surface area contributed by atoms with Crippen molar-refractivity contribution in [1.29, 1.82) is 0 Å². The summed E-state index contributed by atoms with van der Waals surface area (Å²) in [6.45, 7) is 1.21. The minimum atomic E-state index is -0.268. The van der Waals surface area contributed by atoms with Gasteiger partial charge in [0.2, 0.25) is 0 Å². The molecule has 3 rings (SSSR count). The highest BCUT2D eigenvalue weighted by molar-refractivity contribution is 5.80. The summed E-state index contributed by atoms with van der Waals surface area (Å²) in [6, 6.07) is 13.2. The van der Waals surface area contributed by atoms with Crippen molar-refractivity contribution in [3.63, 3.8) is 0 Å². The maximum Gasteiger partial charge on any atom is 0.146 e. The van der Waals surface area contributed by atoms with Gasteiger partial charge in [0.05, 0.1) is 11.2 Å². The van der Waals surface area contributed by atoms with Crippen molar-refractivity contribution >= 4 is 16.6 Å². The average molecular weight is 272 g/mol. The molecule has 0 aliphatic rings. The third-order valence-electron chi connectivity index (χ3n) is 3.28. The van der Waals surface area contributed by atoms with Gasteiger partial charge in [-0.1, -0.05) is 12.1 Å². The summed E-state index contributed by atoms with van der Waals surface area (Å²) in [5, 5.41) is 4.04. The van der Waals surface area contributed by atoms with Crippen LogP contribution in [0.15, 0.2) is 54.7 Å². The zero-order valence-electron chi connectivity index (χ0n) is 10.8. The topological polar surface area (TPSA) is 17.0 Å². The highest BCUT2D eigenvalue weighted by Gasteiger charge is 2.03. The van der Waals surface area contributed by atoms with Crippen LogP contribution in [0.4, 0.5) is 14.5 Å². The van der Waals surface area contributed by atoms with Gasteiger partial charge in [0.1, 0.15) is 11.6 Å². The number of nitrogens with one attached hydrogen (secondary N) is 1. The van der Waals surface area contributed by atoms with Gasteiger partial charge in [0.25, 0.3) is 0 Å². The molecule has 3 aromatic rings. The van der Waals surface area contributed by atoms with Gasteiger partial charge in [0, 0.05) is 19.3 Å². The SMILES string of the molecule is Fc1ccc2ccn(CCNc3ccccc3F)c2c1. The molecule has 0 saturated heterocycles. The molecule has 1 aromatic heterocycles. The number of nitrogens with zero attached hydrogens (tertiary/aromatic N) is 1. The summed E-state index contributed by atoms with van der Waals surface area (Å²) in [5.41, 5.74) is 1.33. The number of fused-ring (bicyclic) bond motifs is 1. The molecular formula is C16H14F2N2. The molecule has 102 valence electrons. The lowest BCUT2D eigenvalue weighted by Crippen LogP contribution is -2.10. The molecule has 0 radical (unpaired) electrons. The van der Waals surface area contributed by atoms with Gasteiger partial charge in [-0.2, -0.15) is 0 Å². The number of benzene rings is 2. The van der Waals surface area contributed by atoms with Gasteiger partial charge >= 0.3 is 0 Å². The smallest absolute Gasteiger partial charge is 0.146 e. The van der Waals surface area contributed by atoms with Crippen molar-refractivity contribution in [2.45, 2.75) is 6.54 Å². The largest absolute Gasteiger partial charge is 0.381 e. The Balaban J connectivity index is 1.71. The first-order valence-corrected chi connectivity index (χ1v) is 6.47. The van der Waals surface area contributed by atoms with E-state index in [2.05, 4.69) is 5.32 Å². The molecule has 0 unspecified atom stereocenters. The van der Waals surface area contributed by atoms with Crippen molar-refractivity contribution < 1.29 is 8.78 Å². The highest BCUT2D eigenvalue weighted by Crippen LogP contribution is 2.17. The lowest BCUT2D eigenvalue weighted by molar-refractivity contribution is 0.626. The molecule has 20 heavy (non-hydrogen) atoms. The Morgan fingerprint density at radius 2 is 1.85 bits per heavy atom. The van der Waals surface area contributed by atoms with Gasteiger partial charge in [0.15, 0.2) is 0 Å². The second kappa shape index (κ2) is 5.33. The van der Waals surface area contributed by atoms with Crippen LogP contribution in [0.25, 0.3) is 10.9 Å². The monoisotopic (exact) mass is 272 g/mol. The fourth-order valence-corrected chi connectivity index (χ4v) is 2.27. The maximum atomic E-state index is 13.4. The van der Waals surface area contributed by atoms with Crippen LogP contribution in [0.3, 0.4) is 0 Å². The van der Waals surface area contributed by atoms with E-state index in [0.29, 0.717) is 18.8 Å². The molecule has 1 N–H and O–H groups in total. The van der Waals surface area contributed by atoms with Crippen molar-refractivity contribution in [2.75, 3.05) is 11.9 Å². The number of hydrogen-bond donors (Lipinski definition) is 1. The third kappa shape index (κ3) is 2.50. The molecule has 2 aromatic carbocycles. The molecule has 0 aliphatic carbocycles. The van der Waals surface area contributed by atoms with E-state index in [0.717, 1.165) is 10.9 Å². The first-order chi connectivity index (χ1) is 9.74. The normalized spacial score (nSPS) is 10.9. The lowest BCUT2D eigenvalue weighted by atomic mass is 10.2. The molecule has 0 fully saturated rings. The summed E-state index contributed by atoms with van der Waals surface area (Å²) in [7, 11) is 0. The Kier molecular flexibility index (Phi) is 3.37. The Morgan fingerprint density at radius 1 is 1.00 bits per heavy atom. The highest BCUT2D eigenvalue weighted by atomic mass is 19.1. The van der Waals surface area contributed by atoms with Crippen molar-refractivity contribution in [3.05, 3.63) is 66.4 Å². The number of hydrogen-bond acceptors (Lipinski definition) is 1. The van der Waals surface area contributed by atoms with Crippen LogP contribution in [0.2, 0.25) is 0 Å². The van der Waals surface area contributed by atoms with Crippen LogP contribution in [0, 0.1) is 11.6 Å². The number of para-hydroxylation sites is 1. The van der Waals surface area contributed by atoms with Crippen LogP contribution in [0.5, 0.6) is 0 Å². The summed E-state index contributed by atoms with van der Waals surface area (Å²) >= 11 is 0. The van der Waals surface area contributed by atoms with Crippen LogP contribution in [-0.2, 0) is 6.54 Å². The van der Waals surface area contributed by atoms with E-state index in [-0.39, 0.29) is 11.6 Å². The van der Waals surface area contributed by atoms with E-state index >= 15 is 0 Å². The molecule has 0 saturated carbocycles. The summed E-state index contributed by atoms with van der Waals surface area (Å²) in [5.74, 6) is -0.518. The molecule has 1 heterocycles. The van der Waals surface area contributed by atoms with E-state index in [1.54, 1.807) is 24.3 Å². The Hall–Kier alpha value is -2.36. The minimum Gasteiger partial charge on any atom is -0.381 e. The van der Waals surface area contributed by atoms with Crippen LogP contribution in [0.1, 0.15) is 0 Å². The zero-order chi connectivity index (χ0) is 13.9. The van der Waals surface area contributed by atoms with E-state index < -0.39 is 0 Å². The van der Waals surface area contributed by atoms with Gasteiger partial charge in [-0.05, 0) is 41.8 Å². The van der Waals surface area contributed by atoms with Gasteiger partial charge < -0.3 is 9.88 Å². The molecule has 2 nitrogen and oxygen atoms in total. The first kappa shape index (κ1) is 12.7. The van der Waals surface area contributed by atoms with Crippen LogP contribution >= 0.6 is 0 Å². The Bertz CT molecular complexity index is 734. The molecule has 4 heteroatoms. The van der Waals surface area contributed by atoms with E-state index in [4.69, 9.17) is 0 Å². The predicted octanol–water partition coefficient (Wildman–Crippen LogP) is 4.03. The van der Waals surface area contributed by atoms with Gasteiger partial charge in [-0.15, -0.1) is 0 Å². The first-order valence-electron chi connectivity index (χ1n) is 6.47.